The minimum Gasteiger partial charge on any atom is -0.462 e. The Bertz CT molecular complexity index is 1190. The van der Waals surface area contributed by atoms with Crippen molar-refractivity contribution in [2.75, 3.05) is 26.4 Å². The van der Waals surface area contributed by atoms with Crippen LogP contribution in [-0.2, 0) is 32.7 Å². The van der Waals surface area contributed by atoms with Crippen LogP contribution in [0.15, 0.2) is 85.1 Å². The standard InChI is InChI=1S/C44H73O10P/c1-3-5-7-9-11-13-15-17-19-20-22-23-25-27-29-31-33-35-43(47)51-39-42(40-53-55(49,50)52-38-41(46)37-45)54-44(48)36-34-32-30-28-26-24-21-18-16-14-12-10-8-6-4-2/h5,7,11,13,17-19,21-23,26-29,41-42,45-46H,3-4,6,8-10,12,14-16,20,24-25,30-40H2,1-2H3,(H,49,50)/b7-5+,13-11+,19-17+,21-18+,23-22+,28-26+,29-27+/t41-,42+/m0/s1. The van der Waals surface area contributed by atoms with Crippen LogP contribution in [0.3, 0.4) is 0 Å². The average Bonchev–Trinajstić information content (AvgIpc) is 3.17. The molecule has 3 N–H and O–H groups in total. The van der Waals surface area contributed by atoms with Crippen molar-refractivity contribution in [2.45, 2.75) is 154 Å². The Morgan fingerprint density at radius 1 is 0.564 bits per heavy atom. The number of phosphoric acid groups is 1. The van der Waals surface area contributed by atoms with E-state index in [2.05, 4.69) is 91.3 Å². The number of carbonyl (C=O) groups is 2. The molecule has 0 aliphatic carbocycles. The fraction of sp³-hybridized carbons (Fsp3) is 0.636. The van der Waals surface area contributed by atoms with Crippen LogP contribution in [0.5, 0.6) is 0 Å². The molecule has 0 aliphatic heterocycles. The van der Waals surface area contributed by atoms with Crippen molar-refractivity contribution in [1.82, 2.24) is 0 Å². The van der Waals surface area contributed by atoms with E-state index in [9.17, 15) is 24.2 Å². The molecule has 0 aromatic rings. The van der Waals surface area contributed by atoms with E-state index >= 15 is 0 Å². The summed E-state index contributed by atoms with van der Waals surface area (Å²) in [5.74, 6) is -1.04. The highest BCUT2D eigenvalue weighted by Crippen LogP contribution is 2.43. The highest BCUT2D eigenvalue weighted by molar-refractivity contribution is 7.47. The van der Waals surface area contributed by atoms with Crippen molar-refractivity contribution in [1.29, 1.82) is 0 Å². The molecule has 0 aromatic heterocycles. The lowest BCUT2D eigenvalue weighted by molar-refractivity contribution is -0.161. The Kier molecular flexibility index (Phi) is 37.3. The lowest BCUT2D eigenvalue weighted by Gasteiger charge is -2.20. The molecule has 1 unspecified atom stereocenters. The first-order valence-electron chi connectivity index (χ1n) is 20.5. The highest BCUT2D eigenvalue weighted by Gasteiger charge is 2.27. The molecule has 0 aliphatic rings. The molecule has 3 atom stereocenters. The second-order valence-electron chi connectivity index (χ2n) is 13.3. The van der Waals surface area contributed by atoms with Crippen LogP contribution in [0.2, 0.25) is 0 Å². The summed E-state index contributed by atoms with van der Waals surface area (Å²) in [6.45, 7) is 2.13. The molecule has 314 valence electrons. The molecular weight excluding hydrogens is 719 g/mol. The third-order valence-corrected chi connectivity index (χ3v) is 8.98. The summed E-state index contributed by atoms with van der Waals surface area (Å²) in [5, 5.41) is 18.3. The second-order valence-corrected chi connectivity index (χ2v) is 14.7. The van der Waals surface area contributed by atoms with Gasteiger partial charge in [-0.2, -0.15) is 0 Å². The van der Waals surface area contributed by atoms with Crippen molar-refractivity contribution >= 4 is 19.8 Å². The number of carbonyl (C=O) groups excluding carboxylic acids is 2. The van der Waals surface area contributed by atoms with Gasteiger partial charge in [-0.3, -0.25) is 18.6 Å². The third-order valence-electron chi connectivity index (χ3n) is 8.03. The number of hydrogen-bond donors (Lipinski definition) is 3. The molecule has 11 heteroatoms. The van der Waals surface area contributed by atoms with Crippen LogP contribution in [0.1, 0.15) is 142 Å². The first-order valence-corrected chi connectivity index (χ1v) is 22.0. The second kappa shape index (κ2) is 39.4. The van der Waals surface area contributed by atoms with Crippen molar-refractivity contribution in [2.24, 2.45) is 0 Å². The molecule has 0 heterocycles. The highest BCUT2D eigenvalue weighted by atomic mass is 31.2. The van der Waals surface area contributed by atoms with E-state index in [1.807, 2.05) is 12.2 Å². The van der Waals surface area contributed by atoms with Crippen LogP contribution < -0.4 is 0 Å². The van der Waals surface area contributed by atoms with E-state index in [0.717, 1.165) is 57.8 Å². The molecule has 0 saturated heterocycles. The maximum absolute atomic E-state index is 12.6. The Morgan fingerprint density at radius 3 is 1.56 bits per heavy atom. The van der Waals surface area contributed by atoms with Crippen molar-refractivity contribution < 1.29 is 47.8 Å². The average molecular weight is 793 g/mol. The smallest absolute Gasteiger partial charge is 0.462 e. The van der Waals surface area contributed by atoms with Gasteiger partial charge >= 0.3 is 19.8 Å². The number of phosphoric ester groups is 1. The Labute approximate surface area is 332 Å². The minimum absolute atomic E-state index is 0.125. The molecule has 0 saturated carbocycles. The van der Waals surface area contributed by atoms with Gasteiger partial charge in [0.2, 0.25) is 0 Å². The van der Waals surface area contributed by atoms with Gasteiger partial charge < -0.3 is 24.6 Å². The first kappa shape index (κ1) is 52.2. The topological polar surface area (TPSA) is 149 Å². The zero-order valence-electron chi connectivity index (χ0n) is 33.9. The van der Waals surface area contributed by atoms with Gasteiger partial charge in [0, 0.05) is 12.8 Å². The van der Waals surface area contributed by atoms with E-state index in [0.29, 0.717) is 19.3 Å². The zero-order valence-corrected chi connectivity index (χ0v) is 34.7. The van der Waals surface area contributed by atoms with E-state index in [1.54, 1.807) is 0 Å². The molecule has 0 bridgehead atoms. The Balaban J connectivity index is 4.50. The number of hydrogen-bond acceptors (Lipinski definition) is 9. The SMILES string of the molecule is CC/C=C/C/C=C/C/C=C/C/C=C/C/C=C/CCCC(=O)OC[C@H](COP(=O)(O)OC[C@@H](O)CO)OC(=O)CCCC/C=C/C/C=C/CCCCCCCC. The zero-order chi connectivity index (χ0) is 40.5. The first-order chi connectivity index (χ1) is 26.7. The predicted molar refractivity (Wildman–Crippen MR) is 223 cm³/mol. The van der Waals surface area contributed by atoms with Gasteiger partial charge in [-0.05, 0) is 83.5 Å². The van der Waals surface area contributed by atoms with Gasteiger partial charge in [-0.1, -0.05) is 131 Å². The summed E-state index contributed by atoms with van der Waals surface area (Å²) in [6.07, 6.45) is 45.6. The van der Waals surface area contributed by atoms with E-state index in [4.69, 9.17) is 19.1 Å². The summed E-state index contributed by atoms with van der Waals surface area (Å²) in [7, 11) is -4.64. The number of unbranched alkanes of at least 4 members (excludes halogenated alkanes) is 9. The van der Waals surface area contributed by atoms with E-state index in [-0.39, 0.29) is 19.4 Å². The van der Waals surface area contributed by atoms with Gasteiger partial charge in [0.15, 0.2) is 6.10 Å². The number of allylic oxidation sites excluding steroid dienone is 14. The summed E-state index contributed by atoms with van der Waals surface area (Å²) < 4.78 is 32.6. The largest absolute Gasteiger partial charge is 0.472 e. The van der Waals surface area contributed by atoms with Crippen LogP contribution in [-0.4, -0.2) is 65.7 Å². The number of aliphatic hydroxyl groups excluding tert-OH is 2. The summed E-state index contributed by atoms with van der Waals surface area (Å²) in [4.78, 5) is 34.9. The monoisotopic (exact) mass is 792 g/mol. The van der Waals surface area contributed by atoms with Crippen LogP contribution >= 0.6 is 7.82 Å². The third kappa shape index (κ3) is 39.2. The minimum atomic E-state index is -4.64. The molecule has 0 aromatic carbocycles. The number of rotatable bonds is 37. The van der Waals surface area contributed by atoms with Gasteiger partial charge in [0.1, 0.15) is 12.7 Å². The van der Waals surface area contributed by atoms with Crippen molar-refractivity contribution in [3.05, 3.63) is 85.1 Å². The van der Waals surface area contributed by atoms with E-state index in [1.165, 1.54) is 38.5 Å². The van der Waals surface area contributed by atoms with Gasteiger partial charge in [0.05, 0.1) is 19.8 Å². The van der Waals surface area contributed by atoms with E-state index < -0.39 is 51.8 Å². The molecule has 0 fully saturated rings. The number of esters is 2. The fourth-order valence-corrected chi connectivity index (χ4v) is 5.67. The van der Waals surface area contributed by atoms with Gasteiger partial charge in [-0.25, -0.2) is 4.57 Å². The lowest BCUT2D eigenvalue weighted by atomic mass is 10.1. The van der Waals surface area contributed by atoms with Crippen LogP contribution in [0, 0.1) is 0 Å². The molecule has 10 nitrogen and oxygen atoms in total. The summed E-state index contributed by atoms with van der Waals surface area (Å²) >= 11 is 0. The molecule has 55 heavy (non-hydrogen) atoms. The van der Waals surface area contributed by atoms with Crippen LogP contribution in [0.25, 0.3) is 0 Å². The normalized spacial score (nSPS) is 14.8. The molecule has 0 amide bonds. The van der Waals surface area contributed by atoms with Gasteiger partial charge in [-0.15, -0.1) is 0 Å². The quantitative estimate of drug-likeness (QED) is 0.0240. The molecule has 0 spiro atoms. The predicted octanol–water partition coefficient (Wildman–Crippen LogP) is 10.7. The van der Waals surface area contributed by atoms with Gasteiger partial charge in [0.25, 0.3) is 0 Å². The maximum atomic E-state index is 12.6. The summed E-state index contributed by atoms with van der Waals surface area (Å²) in [5.41, 5.74) is 0. The Hall–Kier alpha value is -2.85. The molecule has 0 radical (unpaired) electrons. The number of ether oxygens (including phenoxy) is 2. The van der Waals surface area contributed by atoms with Crippen molar-refractivity contribution in [3.63, 3.8) is 0 Å². The van der Waals surface area contributed by atoms with Crippen molar-refractivity contribution in [3.8, 4) is 0 Å². The lowest BCUT2D eigenvalue weighted by Crippen LogP contribution is -2.29. The molecule has 0 rings (SSSR count). The number of aliphatic hydroxyl groups is 2. The van der Waals surface area contributed by atoms with Crippen LogP contribution in [0.4, 0.5) is 0 Å². The molecular formula is C44H73O10P. The fourth-order valence-electron chi connectivity index (χ4n) is 4.88. The Morgan fingerprint density at radius 2 is 1.02 bits per heavy atom. The maximum Gasteiger partial charge on any atom is 0.472 e. The summed E-state index contributed by atoms with van der Waals surface area (Å²) in [6, 6.07) is 0.